The van der Waals surface area contributed by atoms with Gasteiger partial charge in [0, 0.05) is 18.9 Å². The minimum absolute atomic E-state index is 0.0496. The van der Waals surface area contributed by atoms with Gasteiger partial charge < -0.3 is 19.7 Å². The van der Waals surface area contributed by atoms with E-state index in [1.807, 2.05) is 13.8 Å². The molecule has 0 aromatic heterocycles. The molecule has 1 aliphatic rings. The lowest BCUT2D eigenvalue weighted by Gasteiger charge is -2.41. The Morgan fingerprint density at radius 2 is 1.92 bits per heavy atom. The molecule has 0 radical (unpaired) electrons. The number of ether oxygens (including phenoxy) is 2. The molecule has 0 aromatic rings. The summed E-state index contributed by atoms with van der Waals surface area (Å²) in [5.74, 6) is -0.103. The van der Waals surface area contributed by atoms with Crippen molar-refractivity contribution in [3.63, 3.8) is 0 Å². The maximum Gasteiger partial charge on any atom is 0.162 e. The lowest BCUT2D eigenvalue weighted by Crippen LogP contribution is -2.50. The predicted octanol–water partition coefficient (Wildman–Crippen LogP) is -0.0169. The fourth-order valence-electron chi connectivity index (χ4n) is 1.76. The van der Waals surface area contributed by atoms with Crippen LogP contribution < -0.4 is 0 Å². The second-order valence-corrected chi connectivity index (χ2v) is 3.67. The molecule has 4 nitrogen and oxygen atoms in total. The summed E-state index contributed by atoms with van der Waals surface area (Å²) in [6.07, 6.45) is -1.21. The topological polar surface area (TPSA) is 58.9 Å². The van der Waals surface area contributed by atoms with Gasteiger partial charge >= 0.3 is 0 Å². The first-order valence-electron chi connectivity index (χ1n) is 4.59. The molecule has 1 heterocycles. The van der Waals surface area contributed by atoms with E-state index in [0.717, 1.165) is 0 Å². The van der Waals surface area contributed by atoms with Gasteiger partial charge in [-0.1, -0.05) is 13.8 Å². The van der Waals surface area contributed by atoms with Gasteiger partial charge in [0.15, 0.2) is 6.29 Å². The van der Waals surface area contributed by atoms with E-state index in [1.54, 1.807) is 0 Å². The molecule has 0 spiro atoms. The Balaban J connectivity index is 2.66. The van der Waals surface area contributed by atoms with Crippen LogP contribution in [0.3, 0.4) is 0 Å². The molecular weight excluding hydrogens is 172 g/mol. The van der Waals surface area contributed by atoms with Gasteiger partial charge in [0.25, 0.3) is 0 Å². The van der Waals surface area contributed by atoms with Crippen LogP contribution in [0.2, 0.25) is 0 Å². The quantitative estimate of drug-likeness (QED) is 0.642. The molecule has 0 aromatic carbocycles. The number of hydrogen-bond donors (Lipinski definition) is 2. The fraction of sp³-hybridized carbons (Fsp3) is 1.00. The zero-order valence-electron chi connectivity index (χ0n) is 8.30. The molecule has 1 rings (SSSR count). The summed E-state index contributed by atoms with van der Waals surface area (Å²) in [4.78, 5) is 0. The monoisotopic (exact) mass is 190 g/mol. The van der Waals surface area contributed by atoms with Crippen molar-refractivity contribution in [2.24, 2.45) is 11.8 Å². The zero-order chi connectivity index (χ0) is 10.0. The Hall–Kier alpha value is -0.160. The lowest BCUT2D eigenvalue weighted by atomic mass is 9.86. The van der Waals surface area contributed by atoms with Gasteiger partial charge in [0.2, 0.25) is 0 Å². The summed E-state index contributed by atoms with van der Waals surface area (Å²) in [5, 5.41) is 18.8. The molecule has 78 valence electrons. The highest BCUT2D eigenvalue weighted by molar-refractivity contribution is 4.84. The van der Waals surface area contributed by atoms with E-state index in [9.17, 15) is 5.11 Å². The van der Waals surface area contributed by atoms with Crippen LogP contribution in [0.15, 0.2) is 0 Å². The van der Waals surface area contributed by atoms with Crippen LogP contribution in [0.5, 0.6) is 0 Å². The lowest BCUT2D eigenvalue weighted by molar-refractivity contribution is -0.258. The number of methoxy groups -OCH3 is 1. The van der Waals surface area contributed by atoms with E-state index >= 15 is 0 Å². The molecule has 0 unspecified atom stereocenters. The second kappa shape index (κ2) is 4.37. The van der Waals surface area contributed by atoms with Crippen LogP contribution in [0, 0.1) is 11.8 Å². The van der Waals surface area contributed by atoms with Gasteiger partial charge in [0.1, 0.15) is 0 Å². The highest BCUT2D eigenvalue weighted by atomic mass is 16.7. The Labute approximate surface area is 78.5 Å². The molecule has 5 atom stereocenters. The van der Waals surface area contributed by atoms with Gasteiger partial charge in [-0.3, -0.25) is 0 Å². The van der Waals surface area contributed by atoms with Crippen molar-refractivity contribution >= 4 is 0 Å². The van der Waals surface area contributed by atoms with E-state index in [4.69, 9.17) is 14.6 Å². The van der Waals surface area contributed by atoms with Crippen LogP contribution >= 0.6 is 0 Å². The summed E-state index contributed by atoms with van der Waals surface area (Å²) in [6, 6.07) is 0. The van der Waals surface area contributed by atoms with E-state index in [2.05, 4.69) is 0 Å². The van der Waals surface area contributed by atoms with Crippen LogP contribution in [0.1, 0.15) is 13.8 Å². The Morgan fingerprint density at radius 1 is 1.31 bits per heavy atom. The van der Waals surface area contributed by atoms with Crippen molar-refractivity contribution in [1.82, 2.24) is 0 Å². The average Bonchev–Trinajstić information content (AvgIpc) is 2.15. The normalized spacial score (nSPS) is 46.4. The third-order valence-corrected chi connectivity index (χ3v) is 2.81. The largest absolute Gasteiger partial charge is 0.394 e. The van der Waals surface area contributed by atoms with Crippen LogP contribution in [-0.4, -0.2) is 42.4 Å². The molecule has 0 aliphatic carbocycles. The molecule has 1 saturated heterocycles. The third kappa shape index (κ3) is 2.02. The Kier molecular flexibility index (Phi) is 3.67. The molecule has 0 bridgehead atoms. The smallest absolute Gasteiger partial charge is 0.162 e. The van der Waals surface area contributed by atoms with Crippen LogP contribution in [0.25, 0.3) is 0 Å². The van der Waals surface area contributed by atoms with Crippen molar-refractivity contribution in [2.75, 3.05) is 13.7 Å². The van der Waals surface area contributed by atoms with Crippen molar-refractivity contribution < 1.29 is 19.7 Å². The van der Waals surface area contributed by atoms with E-state index in [-0.39, 0.29) is 24.5 Å². The molecule has 2 N–H and O–H groups in total. The predicted molar refractivity (Wildman–Crippen MR) is 47.1 cm³/mol. The first-order chi connectivity index (χ1) is 6.11. The minimum Gasteiger partial charge on any atom is -0.394 e. The SMILES string of the molecule is CO[C@H]1O[C@H](CO)[C@H](C)[C@H](O)[C@@H]1C. The van der Waals surface area contributed by atoms with Crippen LogP contribution in [-0.2, 0) is 9.47 Å². The van der Waals surface area contributed by atoms with E-state index in [0.29, 0.717) is 0 Å². The minimum atomic E-state index is -0.476. The zero-order valence-corrected chi connectivity index (χ0v) is 8.30. The molecule has 0 amide bonds. The van der Waals surface area contributed by atoms with E-state index in [1.165, 1.54) is 7.11 Å². The van der Waals surface area contributed by atoms with Crippen molar-refractivity contribution in [3.05, 3.63) is 0 Å². The van der Waals surface area contributed by atoms with E-state index < -0.39 is 12.4 Å². The van der Waals surface area contributed by atoms with Gasteiger partial charge in [-0.2, -0.15) is 0 Å². The maximum absolute atomic E-state index is 9.78. The van der Waals surface area contributed by atoms with Gasteiger partial charge in [0.05, 0.1) is 18.8 Å². The van der Waals surface area contributed by atoms with Gasteiger partial charge in [-0.25, -0.2) is 0 Å². The summed E-state index contributed by atoms with van der Waals surface area (Å²) in [7, 11) is 1.54. The second-order valence-electron chi connectivity index (χ2n) is 3.67. The molecule has 4 heteroatoms. The van der Waals surface area contributed by atoms with Crippen LogP contribution in [0.4, 0.5) is 0 Å². The first-order valence-corrected chi connectivity index (χ1v) is 4.59. The van der Waals surface area contributed by atoms with Crippen molar-refractivity contribution in [1.29, 1.82) is 0 Å². The number of aliphatic hydroxyl groups excluding tert-OH is 2. The Morgan fingerprint density at radius 3 is 2.38 bits per heavy atom. The molecule has 13 heavy (non-hydrogen) atoms. The number of aliphatic hydroxyl groups is 2. The average molecular weight is 190 g/mol. The standard InChI is InChI=1S/C9H18O4/c1-5-7(4-10)13-9(12-3)6(2)8(5)11/h5-11H,4H2,1-3H3/t5-,6-,7+,8-,9-/m0/s1. The number of hydrogen-bond acceptors (Lipinski definition) is 4. The third-order valence-electron chi connectivity index (χ3n) is 2.81. The molecular formula is C9H18O4. The highest BCUT2D eigenvalue weighted by Gasteiger charge is 2.40. The van der Waals surface area contributed by atoms with Gasteiger partial charge in [-0.05, 0) is 0 Å². The maximum atomic E-state index is 9.78. The summed E-state index contributed by atoms with van der Waals surface area (Å²) >= 11 is 0. The van der Waals surface area contributed by atoms with Crippen molar-refractivity contribution in [3.8, 4) is 0 Å². The molecule has 0 saturated carbocycles. The summed E-state index contributed by atoms with van der Waals surface area (Å²) in [5.41, 5.74) is 0. The molecule has 1 aliphatic heterocycles. The Bertz CT molecular complexity index is 142. The summed E-state index contributed by atoms with van der Waals surface area (Å²) in [6.45, 7) is 3.67. The first kappa shape index (κ1) is 10.9. The fourth-order valence-corrected chi connectivity index (χ4v) is 1.76. The summed E-state index contributed by atoms with van der Waals surface area (Å²) < 4.78 is 10.5. The molecule has 1 fully saturated rings. The highest BCUT2D eigenvalue weighted by Crippen LogP contribution is 2.29. The van der Waals surface area contributed by atoms with Gasteiger partial charge in [-0.15, -0.1) is 0 Å². The van der Waals surface area contributed by atoms with Crippen molar-refractivity contribution in [2.45, 2.75) is 32.3 Å². The number of rotatable bonds is 2.